The van der Waals surface area contributed by atoms with Crippen LogP contribution in [0.15, 0.2) is 54.6 Å². The normalized spacial score (nSPS) is 21.7. The summed E-state index contributed by atoms with van der Waals surface area (Å²) < 4.78 is 0. The van der Waals surface area contributed by atoms with Crippen molar-refractivity contribution >= 4 is 11.6 Å². The van der Waals surface area contributed by atoms with Crippen LogP contribution in [0.5, 0.6) is 0 Å². The van der Waals surface area contributed by atoms with Gasteiger partial charge in [0, 0.05) is 37.9 Å². The minimum absolute atomic E-state index is 0.270. The summed E-state index contributed by atoms with van der Waals surface area (Å²) in [6.45, 7) is 6.22. The number of hydrogen-bond acceptors (Lipinski definition) is 4. The van der Waals surface area contributed by atoms with Gasteiger partial charge >= 0.3 is 0 Å². The number of nitrogens with zero attached hydrogens (tertiary/aromatic N) is 3. The highest BCUT2D eigenvalue weighted by Crippen LogP contribution is 2.33. The van der Waals surface area contributed by atoms with E-state index in [1.807, 2.05) is 35.2 Å². The number of carbonyl (C=O) groups is 1. The lowest BCUT2D eigenvalue weighted by molar-refractivity contribution is -0.129. The van der Waals surface area contributed by atoms with Crippen LogP contribution < -0.4 is 4.90 Å². The molecule has 0 aliphatic carbocycles. The monoisotopic (exact) mass is 461 g/mol. The zero-order valence-corrected chi connectivity index (χ0v) is 20.3. The topological polar surface area (TPSA) is 47.0 Å². The van der Waals surface area contributed by atoms with Gasteiger partial charge in [0.1, 0.15) is 0 Å². The first-order valence-corrected chi connectivity index (χ1v) is 13.3. The number of anilines is 1. The average molecular weight is 462 g/mol. The molecule has 0 bridgehead atoms. The second-order valence-corrected chi connectivity index (χ2v) is 10.4. The van der Waals surface area contributed by atoms with Gasteiger partial charge in [-0.3, -0.25) is 4.79 Å². The molecule has 182 valence electrons. The van der Waals surface area contributed by atoms with Gasteiger partial charge in [-0.15, -0.1) is 0 Å². The van der Waals surface area contributed by atoms with Crippen molar-refractivity contribution in [3.63, 3.8) is 0 Å². The van der Waals surface area contributed by atoms with Crippen LogP contribution in [0.3, 0.4) is 0 Å². The molecule has 5 rings (SSSR count). The average Bonchev–Trinajstić information content (AvgIpc) is 3.45. The van der Waals surface area contributed by atoms with Gasteiger partial charge < -0.3 is 19.8 Å². The first-order valence-electron chi connectivity index (χ1n) is 13.3. The van der Waals surface area contributed by atoms with Gasteiger partial charge in [0.25, 0.3) is 0 Å². The fourth-order valence-electron chi connectivity index (χ4n) is 6.09. The van der Waals surface area contributed by atoms with E-state index in [0.717, 1.165) is 76.1 Å². The van der Waals surface area contributed by atoms with E-state index in [-0.39, 0.29) is 12.0 Å². The predicted octanol–water partition coefficient (Wildman–Crippen LogP) is 4.27. The van der Waals surface area contributed by atoms with Crippen LogP contribution in [-0.4, -0.2) is 66.1 Å². The largest absolute Gasteiger partial charge is 0.388 e. The van der Waals surface area contributed by atoms with Gasteiger partial charge in [-0.2, -0.15) is 0 Å². The third-order valence-electron chi connectivity index (χ3n) is 8.26. The molecule has 0 unspecified atom stereocenters. The van der Waals surface area contributed by atoms with Gasteiger partial charge in [-0.25, -0.2) is 0 Å². The number of rotatable bonds is 6. The zero-order valence-electron chi connectivity index (χ0n) is 20.3. The van der Waals surface area contributed by atoms with Gasteiger partial charge in [0.15, 0.2) is 0 Å². The SMILES string of the molecule is O=C(Cc1ccc(N2CCC(N3CCC([C@H](O)c4ccccc4)CC3)CC2)cc1)N1CCCC1. The number of amides is 1. The Bertz CT molecular complexity index is 910. The van der Waals surface area contributed by atoms with Crippen LogP contribution in [0.25, 0.3) is 0 Å². The van der Waals surface area contributed by atoms with Crippen molar-refractivity contribution in [2.24, 2.45) is 5.92 Å². The summed E-state index contributed by atoms with van der Waals surface area (Å²) in [7, 11) is 0. The van der Waals surface area contributed by atoms with Crippen LogP contribution >= 0.6 is 0 Å². The summed E-state index contributed by atoms with van der Waals surface area (Å²) in [6.07, 6.45) is 7.03. The molecule has 3 aliphatic heterocycles. The van der Waals surface area contributed by atoms with Gasteiger partial charge in [-0.1, -0.05) is 42.5 Å². The second-order valence-electron chi connectivity index (χ2n) is 10.4. The Labute approximate surface area is 204 Å². The van der Waals surface area contributed by atoms with E-state index in [1.54, 1.807) is 0 Å². The molecule has 1 atom stereocenters. The Kier molecular flexibility index (Phi) is 7.51. The number of carbonyl (C=O) groups excluding carboxylic acids is 1. The summed E-state index contributed by atoms with van der Waals surface area (Å²) in [5.74, 6) is 0.640. The Hall–Kier alpha value is -2.37. The molecule has 5 nitrogen and oxygen atoms in total. The number of hydrogen-bond donors (Lipinski definition) is 1. The van der Waals surface area contributed by atoms with E-state index in [2.05, 4.69) is 34.1 Å². The maximum absolute atomic E-state index is 12.4. The Balaban J connectivity index is 1.07. The van der Waals surface area contributed by atoms with Crippen molar-refractivity contribution in [3.8, 4) is 0 Å². The first kappa shape index (κ1) is 23.4. The number of aliphatic hydroxyl groups excluding tert-OH is 1. The number of piperidine rings is 2. The second kappa shape index (κ2) is 10.9. The summed E-state index contributed by atoms with van der Waals surface area (Å²) in [5, 5.41) is 10.8. The van der Waals surface area contributed by atoms with Crippen molar-refractivity contribution < 1.29 is 9.90 Å². The molecule has 5 heteroatoms. The molecule has 3 saturated heterocycles. The molecule has 0 spiro atoms. The summed E-state index contributed by atoms with van der Waals surface area (Å²) in [5.41, 5.74) is 3.46. The molecule has 0 saturated carbocycles. The van der Waals surface area contributed by atoms with Crippen LogP contribution in [0.4, 0.5) is 5.69 Å². The summed E-state index contributed by atoms with van der Waals surface area (Å²) >= 11 is 0. The van der Waals surface area contributed by atoms with Crippen molar-refractivity contribution in [2.45, 2.75) is 57.1 Å². The fourth-order valence-corrected chi connectivity index (χ4v) is 6.09. The number of aliphatic hydroxyl groups is 1. The highest BCUT2D eigenvalue weighted by atomic mass is 16.3. The molecule has 3 heterocycles. The zero-order chi connectivity index (χ0) is 23.3. The number of benzene rings is 2. The first-order chi connectivity index (χ1) is 16.7. The van der Waals surface area contributed by atoms with E-state index >= 15 is 0 Å². The lowest BCUT2D eigenvalue weighted by Crippen LogP contribution is -2.48. The molecule has 34 heavy (non-hydrogen) atoms. The third kappa shape index (κ3) is 5.47. The highest BCUT2D eigenvalue weighted by molar-refractivity contribution is 5.79. The smallest absolute Gasteiger partial charge is 0.226 e. The fraction of sp³-hybridized carbons (Fsp3) is 0.552. The van der Waals surface area contributed by atoms with Gasteiger partial charge in [0.05, 0.1) is 12.5 Å². The minimum atomic E-state index is -0.334. The quantitative estimate of drug-likeness (QED) is 0.698. The number of likely N-dealkylation sites (tertiary alicyclic amines) is 2. The standard InChI is InChI=1S/C29H39N3O2/c33-28(32-16-4-5-17-32)22-23-8-10-26(11-9-23)31-20-14-27(15-21-31)30-18-12-25(13-19-30)29(34)24-6-2-1-3-7-24/h1-3,6-11,25,27,29,34H,4-5,12-22H2/t29-/m1/s1. The van der Waals surface area contributed by atoms with Crippen LogP contribution in [0.1, 0.15) is 55.8 Å². The molecule has 3 fully saturated rings. The maximum atomic E-state index is 12.4. The lowest BCUT2D eigenvalue weighted by Gasteiger charge is -2.43. The lowest BCUT2D eigenvalue weighted by atomic mass is 9.86. The third-order valence-corrected chi connectivity index (χ3v) is 8.26. The van der Waals surface area contributed by atoms with E-state index in [9.17, 15) is 9.90 Å². The molecule has 0 aromatic heterocycles. The van der Waals surface area contributed by atoms with Gasteiger partial charge in [-0.05, 0) is 80.8 Å². The Morgan fingerprint density at radius 2 is 1.47 bits per heavy atom. The molecule has 2 aromatic rings. The maximum Gasteiger partial charge on any atom is 0.226 e. The van der Waals surface area contributed by atoms with Crippen molar-refractivity contribution in [1.82, 2.24) is 9.80 Å². The van der Waals surface area contributed by atoms with E-state index in [4.69, 9.17) is 0 Å². The molecule has 0 radical (unpaired) electrons. The van der Waals surface area contributed by atoms with Crippen molar-refractivity contribution in [1.29, 1.82) is 0 Å². The molecule has 1 amide bonds. The predicted molar refractivity (Wildman–Crippen MR) is 137 cm³/mol. The summed E-state index contributed by atoms with van der Waals surface area (Å²) in [6, 6.07) is 19.5. The molecule has 2 aromatic carbocycles. The minimum Gasteiger partial charge on any atom is -0.388 e. The van der Waals surface area contributed by atoms with Crippen molar-refractivity contribution in [3.05, 3.63) is 65.7 Å². The molecular weight excluding hydrogens is 422 g/mol. The molecule has 1 N–H and O–H groups in total. The van der Waals surface area contributed by atoms with Gasteiger partial charge in [0.2, 0.25) is 5.91 Å². The van der Waals surface area contributed by atoms with E-state index in [1.165, 1.54) is 18.5 Å². The summed E-state index contributed by atoms with van der Waals surface area (Å²) in [4.78, 5) is 19.6. The van der Waals surface area contributed by atoms with Crippen LogP contribution in [0, 0.1) is 5.92 Å². The highest BCUT2D eigenvalue weighted by Gasteiger charge is 2.31. The van der Waals surface area contributed by atoms with Crippen molar-refractivity contribution in [2.75, 3.05) is 44.2 Å². The van der Waals surface area contributed by atoms with E-state index in [0.29, 0.717) is 18.4 Å². The van der Waals surface area contributed by atoms with Crippen LogP contribution in [-0.2, 0) is 11.2 Å². The Morgan fingerprint density at radius 3 is 2.12 bits per heavy atom. The van der Waals surface area contributed by atoms with E-state index < -0.39 is 0 Å². The Morgan fingerprint density at radius 1 is 0.824 bits per heavy atom. The molecular formula is C29H39N3O2. The van der Waals surface area contributed by atoms with Crippen LogP contribution in [0.2, 0.25) is 0 Å². The molecule has 3 aliphatic rings.